The average Bonchev–Trinajstić information content (AvgIpc) is 2.40. The van der Waals surface area contributed by atoms with E-state index in [0.717, 1.165) is 28.4 Å². The highest BCUT2D eigenvalue weighted by Gasteiger charge is 2.18. The van der Waals surface area contributed by atoms with Gasteiger partial charge in [-0.1, -0.05) is 20.8 Å². The molecule has 1 atom stereocenters. The third-order valence-corrected chi connectivity index (χ3v) is 3.58. The van der Waals surface area contributed by atoms with Crippen LogP contribution in [0, 0.1) is 19.3 Å². The normalized spacial score (nSPS) is 14.3. The maximum absolute atomic E-state index is 10.0. The van der Waals surface area contributed by atoms with Crippen LogP contribution in [-0.4, -0.2) is 10.1 Å². The molecule has 86 valence electrons. The molecule has 1 N–H and O–H groups in total. The molecule has 0 saturated carbocycles. The molecule has 0 amide bonds. The molecule has 1 aromatic heterocycles. The molecule has 1 heterocycles. The van der Waals surface area contributed by atoms with Crippen LogP contribution in [-0.2, 0) is 0 Å². The van der Waals surface area contributed by atoms with Gasteiger partial charge in [-0.15, -0.1) is 11.3 Å². The van der Waals surface area contributed by atoms with E-state index in [4.69, 9.17) is 0 Å². The molecule has 0 aromatic carbocycles. The van der Waals surface area contributed by atoms with Crippen LogP contribution in [0.2, 0.25) is 0 Å². The number of nitrogens with zero attached hydrogens (tertiary/aromatic N) is 1. The molecule has 0 aliphatic carbocycles. The topological polar surface area (TPSA) is 33.1 Å². The van der Waals surface area contributed by atoms with Gasteiger partial charge in [0.15, 0.2) is 0 Å². The lowest BCUT2D eigenvalue weighted by Crippen LogP contribution is -2.08. The lowest BCUT2D eigenvalue weighted by atomic mass is 9.89. The van der Waals surface area contributed by atoms with E-state index in [-0.39, 0.29) is 11.5 Å². The zero-order chi connectivity index (χ0) is 11.6. The third-order valence-electron chi connectivity index (χ3n) is 2.41. The minimum atomic E-state index is -0.338. The highest BCUT2D eigenvalue weighted by Crippen LogP contribution is 2.31. The highest BCUT2D eigenvalue weighted by atomic mass is 32.1. The maximum Gasteiger partial charge on any atom is 0.0901 e. The van der Waals surface area contributed by atoms with E-state index < -0.39 is 0 Å². The summed E-state index contributed by atoms with van der Waals surface area (Å²) in [4.78, 5) is 5.37. The van der Waals surface area contributed by atoms with Gasteiger partial charge in [-0.2, -0.15) is 0 Å². The number of aromatic nitrogens is 1. The zero-order valence-corrected chi connectivity index (χ0v) is 11.1. The molecule has 0 spiro atoms. The van der Waals surface area contributed by atoms with E-state index in [1.165, 1.54) is 0 Å². The van der Waals surface area contributed by atoms with Crippen molar-refractivity contribution in [3.05, 3.63) is 15.6 Å². The molecule has 0 aliphatic heterocycles. The molecular formula is C12H21NOS. The molecule has 1 unspecified atom stereocenters. The van der Waals surface area contributed by atoms with Crippen molar-refractivity contribution < 1.29 is 5.11 Å². The summed E-state index contributed by atoms with van der Waals surface area (Å²) >= 11 is 1.61. The second-order valence-electron chi connectivity index (χ2n) is 5.30. The fourth-order valence-electron chi connectivity index (χ4n) is 1.56. The van der Waals surface area contributed by atoms with Crippen LogP contribution >= 0.6 is 11.3 Å². The summed E-state index contributed by atoms with van der Waals surface area (Å²) < 4.78 is 0. The minimum Gasteiger partial charge on any atom is -0.388 e. The summed E-state index contributed by atoms with van der Waals surface area (Å²) in [6.45, 7) is 10.6. The predicted octanol–water partition coefficient (Wildman–Crippen LogP) is 3.62. The van der Waals surface area contributed by atoms with Crippen molar-refractivity contribution in [2.24, 2.45) is 5.41 Å². The smallest absolute Gasteiger partial charge is 0.0901 e. The van der Waals surface area contributed by atoms with Crippen LogP contribution in [0.1, 0.15) is 55.3 Å². The highest BCUT2D eigenvalue weighted by molar-refractivity contribution is 7.11. The van der Waals surface area contributed by atoms with Gasteiger partial charge in [0, 0.05) is 0 Å². The molecule has 0 saturated heterocycles. The van der Waals surface area contributed by atoms with Gasteiger partial charge in [-0.05, 0) is 32.1 Å². The standard InChI is InChI=1S/C12H21NOS/c1-8-11(15-9(2)13-8)10(14)6-7-12(3,4)5/h10,14H,6-7H2,1-5H3. The van der Waals surface area contributed by atoms with E-state index in [1.54, 1.807) is 11.3 Å². The van der Waals surface area contributed by atoms with Gasteiger partial charge in [0.05, 0.1) is 21.7 Å². The molecular weight excluding hydrogens is 206 g/mol. The third kappa shape index (κ3) is 3.92. The first-order chi connectivity index (χ1) is 6.79. The monoisotopic (exact) mass is 227 g/mol. The van der Waals surface area contributed by atoms with Gasteiger partial charge >= 0.3 is 0 Å². The lowest BCUT2D eigenvalue weighted by Gasteiger charge is -2.19. The summed E-state index contributed by atoms with van der Waals surface area (Å²) in [6, 6.07) is 0. The van der Waals surface area contributed by atoms with Crippen molar-refractivity contribution in [2.45, 2.75) is 53.6 Å². The zero-order valence-electron chi connectivity index (χ0n) is 10.3. The van der Waals surface area contributed by atoms with Gasteiger partial charge in [-0.25, -0.2) is 4.98 Å². The van der Waals surface area contributed by atoms with Crippen LogP contribution in [0.5, 0.6) is 0 Å². The van der Waals surface area contributed by atoms with Crippen molar-refractivity contribution in [3.8, 4) is 0 Å². The largest absolute Gasteiger partial charge is 0.388 e. The molecule has 1 aromatic rings. The Hall–Kier alpha value is -0.410. The number of rotatable bonds is 3. The molecule has 3 heteroatoms. The second-order valence-corrected chi connectivity index (χ2v) is 6.53. The fraction of sp³-hybridized carbons (Fsp3) is 0.750. The molecule has 0 radical (unpaired) electrons. The summed E-state index contributed by atoms with van der Waals surface area (Å²) in [5, 5.41) is 11.1. The van der Waals surface area contributed by atoms with Gasteiger partial charge in [0.25, 0.3) is 0 Å². The van der Waals surface area contributed by atoms with Gasteiger partial charge in [-0.3, -0.25) is 0 Å². The van der Waals surface area contributed by atoms with Crippen LogP contribution in [0.3, 0.4) is 0 Å². The molecule has 0 aliphatic rings. The second kappa shape index (κ2) is 4.62. The van der Waals surface area contributed by atoms with Crippen molar-refractivity contribution in [1.82, 2.24) is 4.98 Å². The van der Waals surface area contributed by atoms with Gasteiger partial charge in [0.2, 0.25) is 0 Å². The van der Waals surface area contributed by atoms with Crippen molar-refractivity contribution >= 4 is 11.3 Å². The molecule has 2 nitrogen and oxygen atoms in total. The number of aliphatic hydroxyl groups is 1. The maximum atomic E-state index is 10.0. The fourth-order valence-corrected chi connectivity index (χ4v) is 2.51. The summed E-state index contributed by atoms with van der Waals surface area (Å²) in [5.74, 6) is 0. The number of hydrogen-bond donors (Lipinski definition) is 1. The molecule has 0 fully saturated rings. The summed E-state index contributed by atoms with van der Waals surface area (Å²) in [6.07, 6.45) is 1.52. The number of aliphatic hydroxyl groups excluding tert-OH is 1. The Morgan fingerprint density at radius 2 is 1.93 bits per heavy atom. The van der Waals surface area contributed by atoms with E-state index in [2.05, 4.69) is 25.8 Å². The van der Waals surface area contributed by atoms with E-state index in [0.29, 0.717) is 0 Å². The first kappa shape index (κ1) is 12.7. The van der Waals surface area contributed by atoms with Crippen molar-refractivity contribution in [2.75, 3.05) is 0 Å². The van der Waals surface area contributed by atoms with Crippen LogP contribution in [0.4, 0.5) is 0 Å². The van der Waals surface area contributed by atoms with Crippen molar-refractivity contribution in [3.63, 3.8) is 0 Å². The molecule has 1 rings (SSSR count). The Morgan fingerprint density at radius 1 is 1.33 bits per heavy atom. The predicted molar refractivity (Wildman–Crippen MR) is 65.2 cm³/mol. The SMILES string of the molecule is Cc1nc(C)c(C(O)CCC(C)(C)C)s1. The Labute approximate surface area is 96.4 Å². The summed E-state index contributed by atoms with van der Waals surface area (Å²) in [7, 11) is 0. The molecule has 0 bridgehead atoms. The van der Waals surface area contributed by atoms with Crippen molar-refractivity contribution in [1.29, 1.82) is 0 Å². The van der Waals surface area contributed by atoms with Gasteiger partial charge < -0.3 is 5.11 Å². The van der Waals surface area contributed by atoms with E-state index >= 15 is 0 Å². The van der Waals surface area contributed by atoms with Gasteiger partial charge in [0.1, 0.15) is 0 Å². The average molecular weight is 227 g/mol. The first-order valence-electron chi connectivity index (χ1n) is 5.41. The van der Waals surface area contributed by atoms with Crippen LogP contribution in [0.25, 0.3) is 0 Å². The lowest BCUT2D eigenvalue weighted by molar-refractivity contribution is 0.150. The van der Waals surface area contributed by atoms with Crippen LogP contribution in [0.15, 0.2) is 0 Å². The number of hydrogen-bond acceptors (Lipinski definition) is 3. The Morgan fingerprint density at radius 3 is 2.33 bits per heavy atom. The quantitative estimate of drug-likeness (QED) is 0.855. The van der Waals surface area contributed by atoms with Crippen LogP contribution < -0.4 is 0 Å². The Bertz CT molecular complexity index is 325. The number of aryl methyl sites for hydroxylation is 2. The number of thiazole rings is 1. The first-order valence-corrected chi connectivity index (χ1v) is 6.23. The van der Waals surface area contributed by atoms with E-state index in [9.17, 15) is 5.11 Å². The molecule has 15 heavy (non-hydrogen) atoms. The Balaban J connectivity index is 2.61. The van der Waals surface area contributed by atoms with E-state index in [1.807, 2.05) is 13.8 Å². The summed E-state index contributed by atoms with van der Waals surface area (Å²) in [5.41, 5.74) is 1.27. The minimum absolute atomic E-state index is 0.286. The Kier molecular flexibility index (Phi) is 3.90.